The zero-order valence-electron chi connectivity index (χ0n) is 11.1. The molecule has 0 fully saturated rings. The number of methoxy groups -OCH3 is 1. The van der Waals surface area contributed by atoms with E-state index in [0.717, 1.165) is 0 Å². The fraction of sp³-hybridized carbons (Fsp3) is 0.818. The van der Waals surface area contributed by atoms with E-state index in [4.69, 9.17) is 9.84 Å². The van der Waals surface area contributed by atoms with Gasteiger partial charge in [0.1, 0.15) is 6.04 Å². The highest BCUT2D eigenvalue weighted by Gasteiger charge is 2.19. The lowest BCUT2D eigenvalue weighted by molar-refractivity contribution is -0.139. The first kappa shape index (κ1) is 17.1. The number of carbonyl (C=O) groups is 2. The van der Waals surface area contributed by atoms with Gasteiger partial charge in [-0.25, -0.2) is 9.59 Å². The van der Waals surface area contributed by atoms with Gasteiger partial charge < -0.3 is 20.5 Å². The van der Waals surface area contributed by atoms with E-state index in [1.807, 2.05) is 13.2 Å². The molecule has 0 aliphatic carbocycles. The molecule has 0 aliphatic heterocycles. The van der Waals surface area contributed by atoms with E-state index in [-0.39, 0.29) is 5.92 Å². The Balaban J connectivity index is 3.98. The summed E-state index contributed by atoms with van der Waals surface area (Å²) in [5.41, 5.74) is 0. The summed E-state index contributed by atoms with van der Waals surface area (Å²) in [5, 5.41) is 14.0. The number of carboxylic acid groups (broad SMARTS) is 1. The maximum Gasteiger partial charge on any atom is 0.326 e. The van der Waals surface area contributed by atoms with Gasteiger partial charge in [0.05, 0.1) is 6.61 Å². The second-order valence-electron chi connectivity index (χ2n) is 4.09. The van der Waals surface area contributed by atoms with E-state index in [2.05, 4.69) is 10.6 Å². The SMILES string of the molecule is COCC(C)CNC(=O)N[C@H](CCSC)C(=O)O. The molecular formula is C11H22N2O4S. The number of rotatable bonds is 9. The zero-order chi connectivity index (χ0) is 14.0. The third-order valence-corrected chi connectivity index (χ3v) is 2.92. The highest BCUT2D eigenvalue weighted by atomic mass is 32.2. The maximum absolute atomic E-state index is 11.5. The summed E-state index contributed by atoms with van der Waals surface area (Å²) in [6.07, 6.45) is 2.31. The van der Waals surface area contributed by atoms with Crippen molar-refractivity contribution in [2.45, 2.75) is 19.4 Å². The number of thioether (sulfide) groups is 1. The molecule has 2 atom stereocenters. The molecule has 0 saturated carbocycles. The number of hydrogen-bond donors (Lipinski definition) is 3. The molecule has 0 radical (unpaired) electrons. The Labute approximate surface area is 112 Å². The molecule has 7 heteroatoms. The van der Waals surface area contributed by atoms with Crippen LogP contribution in [0.2, 0.25) is 0 Å². The minimum absolute atomic E-state index is 0.190. The summed E-state index contributed by atoms with van der Waals surface area (Å²) >= 11 is 1.55. The predicted molar refractivity (Wildman–Crippen MR) is 72.0 cm³/mol. The molecule has 0 heterocycles. The lowest BCUT2D eigenvalue weighted by Crippen LogP contribution is -2.47. The van der Waals surface area contributed by atoms with Crippen molar-refractivity contribution in [2.24, 2.45) is 5.92 Å². The van der Waals surface area contributed by atoms with E-state index >= 15 is 0 Å². The molecule has 6 nitrogen and oxygen atoms in total. The first-order chi connectivity index (χ1) is 8.51. The van der Waals surface area contributed by atoms with Gasteiger partial charge in [-0.15, -0.1) is 0 Å². The molecule has 0 aromatic heterocycles. The average molecular weight is 278 g/mol. The third kappa shape index (κ3) is 8.19. The molecule has 2 amide bonds. The van der Waals surface area contributed by atoms with Crippen LogP contribution in [0.1, 0.15) is 13.3 Å². The Morgan fingerprint density at radius 2 is 2.11 bits per heavy atom. The Bertz CT molecular complexity index is 263. The van der Waals surface area contributed by atoms with Crippen molar-refractivity contribution in [2.75, 3.05) is 32.3 Å². The van der Waals surface area contributed by atoms with E-state index < -0.39 is 18.0 Å². The fourth-order valence-electron chi connectivity index (χ4n) is 1.31. The van der Waals surface area contributed by atoms with Crippen molar-refractivity contribution in [3.8, 4) is 0 Å². The Morgan fingerprint density at radius 1 is 1.44 bits per heavy atom. The highest BCUT2D eigenvalue weighted by molar-refractivity contribution is 7.98. The van der Waals surface area contributed by atoms with Gasteiger partial charge in [0.15, 0.2) is 0 Å². The molecule has 1 unspecified atom stereocenters. The van der Waals surface area contributed by atoms with Gasteiger partial charge in [0, 0.05) is 13.7 Å². The van der Waals surface area contributed by atoms with Crippen LogP contribution in [0.25, 0.3) is 0 Å². The molecule has 0 aliphatic rings. The molecule has 18 heavy (non-hydrogen) atoms. The Kier molecular flexibility index (Phi) is 9.49. The number of hydrogen-bond acceptors (Lipinski definition) is 4. The van der Waals surface area contributed by atoms with Gasteiger partial charge in [-0.1, -0.05) is 6.92 Å². The smallest absolute Gasteiger partial charge is 0.326 e. The minimum Gasteiger partial charge on any atom is -0.480 e. The van der Waals surface area contributed by atoms with Gasteiger partial charge in [0.25, 0.3) is 0 Å². The van der Waals surface area contributed by atoms with Crippen LogP contribution in [0.15, 0.2) is 0 Å². The number of carboxylic acids is 1. The standard InChI is InChI=1S/C11H22N2O4S/c1-8(7-17-2)6-12-11(16)13-9(10(14)15)4-5-18-3/h8-9H,4-7H2,1-3H3,(H,14,15)(H2,12,13,16)/t8?,9-/m1/s1. The van der Waals surface area contributed by atoms with E-state index in [1.165, 1.54) is 0 Å². The van der Waals surface area contributed by atoms with Gasteiger partial charge in [-0.3, -0.25) is 0 Å². The van der Waals surface area contributed by atoms with Crippen molar-refractivity contribution in [3.05, 3.63) is 0 Å². The molecule has 0 aromatic rings. The van der Waals surface area contributed by atoms with Crippen molar-refractivity contribution in [1.29, 1.82) is 0 Å². The summed E-state index contributed by atoms with van der Waals surface area (Å²) in [7, 11) is 1.60. The van der Waals surface area contributed by atoms with Crippen LogP contribution in [-0.2, 0) is 9.53 Å². The van der Waals surface area contributed by atoms with E-state index in [1.54, 1.807) is 18.9 Å². The van der Waals surface area contributed by atoms with E-state index in [0.29, 0.717) is 25.3 Å². The molecule has 3 N–H and O–H groups in total. The number of amides is 2. The second-order valence-corrected chi connectivity index (χ2v) is 5.07. The maximum atomic E-state index is 11.5. The summed E-state index contributed by atoms with van der Waals surface area (Å²) in [6.45, 7) is 2.94. The van der Waals surface area contributed by atoms with Crippen molar-refractivity contribution in [3.63, 3.8) is 0 Å². The molecule has 0 bridgehead atoms. The third-order valence-electron chi connectivity index (χ3n) is 2.28. The summed E-state index contributed by atoms with van der Waals surface area (Å²) < 4.78 is 4.94. The Morgan fingerprint density at radius 3 is 2.61 bits per heavy atom. The number of ether oxygens (including phenoxy) is 1. The molecule has 0 rings (SSSR count). The van der Waals surface area contributed by atoms with Crippen LogP contribution in [0.4, 0.5) is 4.79 Å². The Hall–Kier alpha value is -0.950. The van der Waals surface area contributed by atoms with Crippen LogP contribution < -0.4 is 10.6 Å². The van der Waals surface area contributed by atoms with Gasteiger partial charge in [0.2, 0.25) is 0 Å². The first-order valence-corrected chi connectivity index (χ1v) is 7.15. The lowest BCUT2D eigenvalue weighted by atomic mass is 10.2. The quantitative estimate of drug-likeness (QED) is 0.580. The van der Waals surface area contributed by atoms with Crippen LogP contribution in [0, 0.1) is 5.92 Å². The summed E-state index contributed by atoms with van der Waals surface area (Å²) in [6, 6.07) is -1.29. The normalized spacial score (nSPS) is 13.7. The number of carbonyl (C=O) groups excluding carboxylic acids is 1. The van der Waals surface area contributed by atoms with Crippen LogP contribution in [0.5, 0.6) is 0 Å². The van der Waals surface area contributed by atoms with Gasteiger partial charge >= 0.3 is 12.0 Å². The number of urea groups is 1. The zero-order valence-corrected chi connectivity index (χ0v) is 11.9. The topological polar surface area (TPSA) is 87.7 Å². The molecule has 106 valence electrons. The largest absolute Gasteiger partial charge is 0.480 e. The average Bonchev–Trinajstić information content (AvgIpc) is 2.32. The molecule has 0 spiro atoms. The molecule has 0 saturated heterocycles. The van der Waals surface area contributed by atoms with Crippen molar-refractivity contribution in [1.82, 2.24) is 10.6 Å². The monoisotopic (exact) mass is 278 g/mol. The molecule has 0 aromatic carbocycles. The number of nitrogens with one attached hydrogen (secondary N) is 2. The minimum atomic E-state index is -1.01. The van der Waals surface area contributed by atoms with E-state index in [9.17, 15) is 9.59 Å². The number of aliphatic carboxylic acids is 1. The summed E-state index contributed by atoms with van der Waals surface area (Å²) in [4.78, 5) is 22.4. The molecular weight excluding hydrogens is 256 g/mol. The van der Waals surface area contributed by atoms with Gasteiger partial charge in [-0.05, 0) is 24.3 Å². The lowest BCUT2D eigenvalue weighted by Gasteiger charge is -2.16. The highest BCUT2D eigenvalue weighted by Crippen LogP contribution is 2.01. The first-order valence-electron chi connectivity index (χ1n) is 5.76. The van der Waals surface area contributed by atoms with Crippen molar-refractivity contribution < 1.29 is 19.4 Å². The van der Waals surface area contributed by atoms with Crippen molar-refractivity contribution >= 4 is 23.8 Å². The van der Waals surface area contributed by atoms with Crippen LogP contribution in [0.3, 0.4) is 0 Å². The predicted octanol–water partition coefficient (Wildman–Crippen LogP) is 0.774. The second kappa shape index (κ2) is 10.0. The van der Waals surface area contributed by atoms with Crippen LogP contribution >= 0.6 is 11.8 Å². The fourth-order valence-corrected chi connectivity index (χ4v) is 1.78. The van der Waals surface area contributed by atoms with Gasteiger partial charge in [-0.2, -0.15) is 11.8 Å². The van der Waals surface area contributed by atoms with Crippen LogP contribution in [-0.4, -0.2) is 55.4 Å². The summed E-state index contributed by atoms with van der Waals surface area (Å²) in [5.74, 6) is -0.128.